The molecular weight excluding hydrogens is 172 g/mol. The Morgan fingerprint density at radius 2 is 2.14 bits per heavy atom. The first-order valence-electron chi connectivity index (χ1n) is 5.58. The molecular formula is C12H24N2. The monoisotopic (exact) mass is 196 g/mol. The van der Waals surface area contributed by atoms with Crippen molar-refractivity contribution in [1.82, 2.24) is 10.6 Å². The van der Waals surface area contributed by atoms with Crippen LogP contribution in [0, 0.1) is 5.92 Å². The fourth-order valence-corrected chi connectivity index (χ4v) is 2.38. The Hall–Kier alpha value is -0.340. The van der Waals surface area contributed by atoms with E-state index in [2.05, 4.69) is 44.9 Å². The molecule has 1 heterocycles. The molecule has 0 radical (unpaired) electrons. The van der Waals surface area contributed by atoms with E-state index in [9.17, 15) is 0 Å². The molecule has 2 N–H and O–H groups in total. The van der Waals surface area contributed by atoms with Gasteiger partial charge in [0.2, 0.25) is 0 Å². The quantitative estimate of drug-likeness (QED) is 0.674. The minimum absolute atomic E-state index is 0.255. The Kier molecular flexibility index (Phi) is 3.73. The second kappa shape index (κ2) is 4.45. The largest absolute Gasteiger partial charge is 0.310 e. The molecule has 2 nitrogen and oxygen atoms in total. The highest BCUT2D eigenvalue weighted by Crippen LogP contribution is 2.26. The van der Waals surface area contributed by atoms with E-state index < -0.39 is 0 Å². The summed E-state index contributed by atoms with van der Waals surface area (Å²) in [4.78, 5) is 0. The lowest BCUT2D eigenvalue weighted by atomic mass is 9.79. The van der Waals surface area contributed by atoms with Crippen LogP contribution in [0.3, 0.4) is 0 Å². The molecule has 0 amide bonds. The summed E-state index contributed by atoms with van der Waals surface area (Å²) in [6.07, 6.45) is 3.12. The predicted molar refractivity (Wildman–Crippen MR) is 62.4 cm³/mol. The molecule has 1 fully saturated rings. The molecule has 1 saturated heterocycles. The first kappa shape index (κ1) is 11.7. The van der Waals surface area contributed by atoms with E-state index in [0.29, 0.717) is 18.0 Å². The Balaban J connectivity index is 2.58. The lowest BCUT2D eigenvalue weighted by Crippen LogP contribution is -2.60. The van der Waals surface area contributed by atoms with Crippen LogP contribution in [0.25, 0.3) is 0 Å². The standard InChI is InChI=1S/C12H24N2/c1-6-7-13-11-8-12(4,5)14-10(3)9(11)2/h6,9-11,13-14H,1,7-8H2,2-5H3. The van der Waals surface area contributed by atoms with Crippen molar-refractivity contribution in [1.29, 1.82) is 0 Å². The van der Waals surface area contributed by atoms with E-state index >= 15 is 0 Å². The highest BCUT2D eigenvalue weighted by atomic mass is 15.1. The second-order valence-electron chi connectivity index (χ2n) is 5.18. The average molecular weight is 196 g/mol. The van der Waals surface area contributed by atoms with Crippen molar-refractivity contribution in [3.8, 4) is 0 Å². The van der Waals surface area contributed by atoms with Crippen molar-refractivity contribution in [2.24, 2.45) is 5.92 Å². The van der Waals surface area contributed by atoms with Gasteiger partial charge in [-0.05, 0) is 33.1 Å². The summed E-state index contributed by atoms with van der Waals surface area (Å²) >= 11 is 0. The summed E-state index contributed by atoms with van der Waals surface area (Å²) < 4.78 is 0. The number of hydrogen-bond donors (Lipinski definition) is 2. The van der Waals surface area contributed by atoms with Gasteiger partial charge in [-0.25, -0.2) is 0 Å². The van der Waals surface area contributed by atoms with Crippen LogP contribution in [-0.2, 0) is 0 Å². The third kappa shape index (κ3) is 2.82. The smallest absolute Gasteiger partial charge is 0.0142 e. The van der Waals surface area contributed by atoms with Crippen LogP contribution < -0.4 is 10.6 Å². The highest BCUT2D eigenvalue weighted by Gasteiger charge is 2.35. The molecule has 0 aromatic rings. The SMILES string of the molecule is C=CCNC1CC(C)(C)NC(C)C1C. The molecule has 0 aromatic heterocycles. The minimum atomic E-state index is 0.255. The van der Waals surface area contributed by atoms with Crippen molar-refractivity contribution in [3.05, 3.63) is 12.7 Å². The van der Waals surface area contributed by atoms with E-state index in [0.717, 1.165) is 6.54 Å². The zero-order valence-electron chi connectivity index (χ0n) is 9.93. The van der Waals surface area contributed by atoms with Crippen molar-refractivity contribution >= 4 is 0 Å². The van der Waals surface area contributed by atoms with E-state index in [-0.39, 0.29) is 5.54 Å². The van der Waals surface area contributed by atoms with Gasteiger partial charge >= 0.3 is 0 Å². The van der Waals surface area contributed by atoms with Gasteiger partial charge in [-0.3, -0.25) is 0 Å². The second-order valence-corrected chi connectivity index (χ2v) is 5.18. The molecule has 1 rings (SSSR count). The molecule has 14 heavy (non-hydrogen) atoms. The Morgan fingerprint density at radius 3 is 2.71 bits per heavy atom. The predicted octanol–water partition coefficient (Wildman–Crippen LogP) is 1.93. The van der Waals surface area contributed by atoms with Crippen molar-refractivity contribution in [3.63, 3.8) is 0 Å². The molecule has 0 aromatic carbocycles. The molecule has 3 unspecified atom stereocenters. The lowest BCUT2D eigenvalue weighted by molar-refractivity contribution is 0.151. The third-order valence-electron chi connectivity index (χ3n) is 3.30. The van der Waals surface area contributed by atoms with E-state index in [4.69, 9.17) is 0 Å². The maximum Gasteiger partial charge on any atom is 0.0142 e. The Morgan fingerprint density at radius 1 is 1.50 bits per heavy atom. The van der Waals surface area contributed by atoms with Gasteiger partial charge in [-0.15, -0.1) is 6.58 Å². The van der Waals surface area contributed by atoms with Crippen LogP contribution in [0.4, 0.5) is 0 Å². The fraction of sp³-hybridized carbons (Fsp3) is 0.833. The van der Waals surface area contributed by atoms with Crippen LogP contribution in [0.15, 0.2) is 12.7 Å². The molecule has 82 valence electrons. The topological polar surface area (TPSA) is 24.1 Å². The zero-order valence-corrected chi connectivity index (χ0v) is 9.93. The van der Waals surface area contributed by atoms with Gasteiger partial charge in [0.15, 0.2) is 0 Å². The van der Waals surface area contributed by atoms with Crippen molar-refractivity contribution in [2.75, 3.05) is 6.54 Å². The first-order valence-corrected chi connectivity index (χ1v) is 5.58. The number of nitrogens with one attached hydrogen (secondary N) is 2. The normalized spacial score (nSPS) is 36.7. The maximum absolute atomic E-state index is 3.75. The van der Waals surface area contributed by atoms with Crippen LogP contribution >= 0.6 is 0 Å². The van der Waals surface area contributed by atoms with Crippen molar-refractivity contribution < 1.29 is 0 Å². The van der Waals surface area contributed by atoms with Gasteiger partial charge in [-0.1, -0.05) is 13.0 Å². The van der Waals surface area contributed by atoms with Crippen LogP contribution in [-0.4, -0.2) is 24.2 Å². The average Bonchev–Trinajstić information content (AvgIpc) is 2.08. The Labute approximate surface area is 88.2 Å². The summed E-state index contributed by atoms with van der Waals surface area (Å²) in [6, 6.07) is 1.19. The summed E-state index contributed by atoms with van der Waals surface area (Å²) in [7, 11) is 0. The van der Waals surface area contributed by atoms with Crippen LogP contribution in [0.5, 0.6) is 0 Å². The van der Waals surface area contributed by atoms with Gasteiger partial charge in [0.05, 0.1) is 0 Å². The molecule has 0 bridgehead atoms. The third-order valence-corrected chi connectivity index (χ3v) is 3.30. The minimum Gasteiger partial charge on any atom is -0.310 e. The zero-order chi connectivity index (χ0) is 10.8. The summed E-state index contributed by atoms with van der Waals surface area (Å²) in [6.45, 7) is 13.8. The summed E-state index contributed by atoms with van der Waals surface area (Å²) in [5, 5.41) is 7.19. The number of hydrogen-bond acceptors (Lipinski definition) is 2. The molecule has 1 aliphatic heterocycles. The maximum atomic E-state index is 3.75. The highest BCUT2D eigenvalue weighted by molar-refractivity contribution is 4.97. The molecule has 3 atom stereocenters. The molecule has 1 aliphatic rings. The number of rotatable bonds is 3. The molecule has 2 heteroatoms. The van der Waals surface area contributed by atoms with Gasteiger partial charge < -0.3 is 10.6 Å². The Bertz CT molecular complexity index is 198. The molecule has 0 saturated carbocycles. The van der Waals surface area contributed by atoms with Gasteiger partial charge in [0.1, 0.15) is 0 Å². The van der Waals surface area contributed by atoms with Gasteiger partial charge in [0, 0.05) is 24.2 Å². The van der Waals surface area contributed by atoms with Gasteiger partial charge in [-0.2, -0.15) is 0 Å². The van der Waals surface area contributed by atoms with Crippen LogP contribution in [0.1, 0.15) is 34.1 Å². The lowest BCUT2D eigenvalue weighted by Gasteiger charge is -2.45. The number of piperidine rings is 1. The fourth-order valence-electron chi connectivity index (χ4n) is 2.38. The molecule has 0 spiro atoms. The van der Waals surface area contributed by atoms with E-state index in [1.807, 2.05) is 6.08 Å². The van der Waals surface area contributed by atoms with E-state index in [1.165, 1.54) is 6.42 Å². The van der Waals surface area contributed by atoms with Crippen molar-refractivity contribution in [2.45, 2.75) is 51.7 Å². The summed E-state index contributed by atoms with van der Waals surface area (Å²) in [5.74, 6) is 0.683. The van der Waals surface area contributed by atoms with E-state index in [1.54, 1.807) is 0 Å². The van der Waals surface area contributed by atoms with Gasteiger partial charge in [0.25, 0.3) is 0 Å². The van der Waals surface area contributed by atoms with Crippen LogP contribution in [0.2, 0.25) is 0 Å². The summed E-state index contributed by atoms with van der Waals surface area (Å²) in [5.41, 5.74) is 0.255. The molecule has 0 aliphatic carbocycles. The first-order chi connectivity index (χ1) is 6.46.